The summed E-state index contributed by atoms with van der Waals surface area (Å²) in [5.41, 5.74) is 6.43. The van der Waals surface area contributed by atoms with Gasteiger partial charge in [0.25, 0.3) is 0 Å². The topological polar surface area (TPSA) is 66.0 Å². The Morgan fingerprint density at radius 1 is 1.18 bits per heavy atom. The zero-order chi connectivity index (χ0) is 15.7. The zero-order valence-electron chi connectivity index (χ0n) is 11.6. The maximum atomic E-state index is 13.7. The zero-order valence-corrected chi connectivity index (χ0v) is 11.6. The number of hydrogen-bond acceptors (Lipinski definition) is 4. The Morgan fingerprint density at radius 3 is 2.73 bits per heavy atom. The number of ether oxygens (including phenoxy) is 1. The Balaban J connectivity index is 1.92. The predicted molar refractivity (Wildman–Crippen MR) is 77.3 cm³/mol. The molecular formula is C15H12F2N4O. The molecule has 2 aromatic heterocycles. The van der Waals surface area contributed by atoms with Crippen LogP contribution in [-0.4, -0.2) is 14.8 Å². The summed E-state index contributed by atoms with van der Waals surface area (Å²) < 4.78 is 34.2. The van der Waals surface area contributed by atoms with Crippen molar-refractivity contribution in [1.82, 2.24) is 14.8 Å². The minimum Gasteiger partial charge on any atom is -0.454 e. The molecule has 0 saturated carbocycles. The molecule has 1 aromatic carbocycles. The first-order chi connectivity index (χ1) is 10.5. The van der Waals surface area contributed by atoms with E-state index in [1.54, 1.807) is 36.3 Å². The summed E-state index contributed by atoms with van der Waals surface area (Å²) in [5.74, 6) is -1.39. The number of rotatable bonds is 3. The van der Waals surface area contributed by atoms with Crippen molar-refractivity contribution >= 4 is 5.69 Å². The van der Waals surface area contributed by atoms with Gasteiger partial charge in [-0.3, -0.25) is 9.67 Å². The lowest BCUT2D eigenvalue weighted by Crippen LogP contribution is -1.96. The van der Waals surface area contributed by atoms with E-state index < -0.39 is 11.6 Å². The number of nitrogens with zero attached hydrogens (tertiary/aromatic N) is 3. The van der Waals surface area contributed by atoms with Gasteiger partial charge in [-0.1, -0.05) is 0 Å². The molecule has 0 spiro atoms. The summed E-state index contributed by atoms with van der Waals surface area (Å²) >= 11 is 0. The van der Waals surface area contributed by atoms with Crippen molar-refractivity contribution in [2.24, 2.45) is 7.05 Å². The third-order valence-corrected chi connectivity index (χ3v) is 3.01. The average Bonchev–Trinajstić information content (AvgIpc) is 2.92. The summed E-state index contributed by atoms with van der Waals surface area (Å²) in [6.07, 6.45) is 4.95. The van der Waals surface area contributed by atoms with E-state index in [0.29, 0.717) is 11.4 Å². The Labute approximate surface area is 125 Å². The molecule has 0 atom stereocenters. The molecule has 0 bridgehead atoms. The SMILES string of the molecule is Cn1cc(-c2cc(Oc3cc(F)c(N)cc3F)ccn2)cn1. The molecule has 0 unspecified atom stereocenters. The highest BCUT2D eigenvalue weighted by molar-refractivity contribution is 5.59. The van der Waals surface area contributed by atoms with Crippen LogP contribution in [0, 0.1) is 11.6 Å². The first-order valence-corrected chi connectivity index (χ1v) is 6.40. The molecule has 2 N–H and O–H groups in total. The minimum absolute atomic E-state index is 0.241. The van der Waals surface area contributed by atoms with Crippen molar-refractivity contribution in [2.75, 3.05) is 5.73 Å². The number of aromatic nitrogens is 3. The summed E-state index contributed by atoms with van der Waals surface area (Å²) in [6.45, 7) is 0. The second-order valence-electron chi connectivity index (χ2n) is 4.69. The third-order valence-electron chi connectivity index (χ3n) is 3.01. The van der Waals surface area contributed by atoms with Crippen molar-refractivity contribution in [3.8, 4) is 22.8 Å². The van der Waals surface area contributed by atoms with Gasteiger partial charge < -0.3 is 10.5 Å². The molecule has 0 aliphatic rings. The highest BCUT2D eigenvalue weighted by atomic mass is 19.1. The van der Waals surface area contributed by atoms with Crippen LogP contribution in [-0.2, 0) is 7.05 Å². The molecule has 0 fully saturated rings. The highest BCUT2D eigenvalue weighted by Crippen LogP contribution is 2.29. The number of aryl methyl sites for hydroxylation is 1. The van der Waals surface area contributed by atoms with Gasteiger partial charge in [0.15, 0.2) is 11.6 Å². The van der Waals surface area contributed by atoms with Gasteiger partial charge in [-0.05, 0) is 6.07 Å². The quantitative estimate of drug-likeness (QED) is 0.755. The number of hydrogen-bond donors (Lipinski definition) is 1. The number of benzene rings is 1. The Bertz CT molecular complexity index is 832. The summed E-state index contributed by atoms with van der Waals surface area (Å²) in [7, 11) is 1.79. The lowest BCUT2D eigenvalue weighted by Gasteiger charge is -2.08. The van der Waals surface area contributed by atoms with Crippen molar-refractivity contribution in [1.29, 1.82) is 0 Å². The van der Waals surface area contributed by atoms with Crippen LogP contribution in [0.25, 0.3) is 11.3 Å². The van der Waals surface area contributed by atoms with Gasteiger partial charge >= 0.3 is 0 Å². The number of anilines is 1. The minimum atomic E-state index is -0.738. The van der Waals surface area contributed by atoms with Crippen molar-refractivity contribution in [3.63, 3.8) is 0 Å². The molecule has 7 heteroatoms. The van der Waals surface area contributed by atoms with Crippen molar-refractivity contribution in [2.45, 2.75) is 0 Å². The van der Waals surface area contributed by atoms with E-state index in [1.807, 2.05) is 0 Å². The average molecular weight is 302 g/mol. The Kier molecular flexibility index (Phi) is 3.46. The van der Waals surface area contributed by atoms with Gasteiger partial charge in [-0.15, -0.1) is 0 Å². The fraction of sp³-hybridized carbons (Fsp3) is 0.0667. The van der Waals surface area contributed by atoms with E-state index in [2.05, 4.69) is 10.1 Å². The molecule has 0 radical (unpaired) electrons. The largest absolute Gasteiger partial charge is 0.454 e. The Morgan fingerprint density at radius 2 is 2.00 bits per heavy atom. The normalized spacial score (nSPS) is 10.7. The maximum absolute atomic E-state index is 13.7. The molecule has 5 nitrogen and oxygen atoms in total. The van der Waals surface area contributed by atoms with Gasteiger partial charge in [-0.25, -0.2) is 8.78 Å². The van der Waals surface area contributed by atoms with E-state index in [9.17, 15) is 8.78 Å². The molecule has 0 amide bonds. The monoisotopic (exact) mass is 302 g/mol. The van der Waals surface area contributed by atoms with Crippen molar-refractivity contribution < 1.29 is 13.5 Å². The number of nitrogen functional groups attached to an aromatic ring is 1. The molecule has 2 heterocycles. The first-order valence-electron chi connectivity index (χ1n) is 6.40. The lowest BCUT2D eigenvalue weighted by molar-refractivity contribution is 0.437. The molecular weight excluding hydrogens is 290 g/mol. The van der Waals surface area contributed by atoms with Crippen molar-refractivity contribution in [3.05, 3.63) is 54.5 Å². The van der Waals surface area contributed by atoms with E-state index in [4.69, 9.17) is 10.5 Å². The van der Waals surface area contributed by atoms with Crippen LogP contribution in [0.3, 0.4) is 0 Å². The summed E-state index contributed by atoms with van der Waals surface area (Å²) in [6, 6.07) is 4.96. The molecule has 112 valence electrons. The molecule has 0 aliphatic carbocycles. The first kappa shape index (κ1) is 14.0. The van der Waals surface area contributed by atoms with Gasteiger partial charge in [0.1, 0.15) is 11.6 Å². The number of pyridine rings is 1. The molecule has 0 aliphatic heterocycles. The van der Waals surface area contributed by atoms with Crippen LogP contribution in [0.1, 0.15) is 0 Å². The standard InChI is InChI=1S/C15H12F2N4O/c1-21-8-9(7-20-21)14-4-10(2-3-19-14)22-15-6-11(16)13(18)5-12(15)17/h2-8H,18H2,1H3. The number of halogens is 2. The summed E-state index contributed by atoms with van der Waals surface area (Å²) in [5, 5.41) is 4.05. The van der Waals surface area contributed by atoms with E-state index in [1.165, 1.54) is 6.20 Å². The van der Waals surface area contributed by atoms with E-state index in [0.717, 1.165) is 17.7 Å². The van der Waals surface area contributed by atoms with E-state index in [-0.39, 0.29) is 11.4 Å². The Hall–Kier alpha value is -2.96. The lowest BCUT2D eigenvalue weighted by atomic mass is 10.2. The highest BCUT2D eigenvalue weighted by Gasteiger charge is 2.11. The molecule has 3 rings (SSSR count). The smallest absolute Gasteiger partial charge is 0.167 e. The fourth-order valence-corrected chi connectivity index (χ4v) is 1.94. The van der Waals surface area contributed by atoms with E-state index >= 15 is 0 Å². The van der Waals surface area contributed by atoms with Crippen LogP contribution < -0.4 is 10.5 Å². The van der Waals surface area contributed by atoms with Crippen LogP contribution in [0.4, 0.5) is 14.5 Å². The second-order valence-corrected chi connectivity index (χ2v) is 4.69. The van der Waals surface area contributed by atoms with Crippen LogP contribution in [0.2, 0.25) is 0 Å². The molecule has 3 aromatic rings. The number of nitrogens with two attached hydrogens (primary N) is 1. The second kappa shape index (κ2) is 5.44. The predicted octanol–water partition coefficient (Wildman–Crippen LogP) is 3.13. The van der Waals surface area contributed by atoms with Gasteiger partial charge in [0, 0.05) is 43.2 Å². The van der Waals surface area contributed by atoms with Gasteiger partial charge in [-0.2, -0.15) is 5.10 Å². The molecule has 0 saturated heterocycles. The fourth-order valence-electron chi connectivity index (χ4n) is 1.94. The van der Waals surface area contributed by atoms with Crippen LogP contribution >= 0.6 is 0 Å². The van der Waals surface area contributed by atoms with Gasteiger partial charge in [0.2, 0.25) is 0 Å². The van der Waals surface area contributed by atoms with Gasteiger partial charge in [0.05, 0.1) is 17.6 Å². The maximum Gasteiger partial charge on any atom is 0.167 e. The summed E-state index contributed by atoms with van der Waals surface area (Å²) in [4.78, 5) is 4.20. The molecule has 22 heavy (non-hydrogen) atoms. The third kappa shape index (κ3) is 2.73. The van der Waals surface area contributed by atoms with Crippen LogP contribution in [0.5, 0.6) is 11.5 Å². The van der Waals surface area contributed by atoms with Crippen LogP contribution in [0.15, 0.2) is 42.9 Å².